The Kier molecular flexibility index (Phi) is 4.55. The van der Waals surface area contributed by atoms with Crippen LogP contribution in [0.1, 0.15) is 21.5 Å². The first-order valence-corrected chi connectivity index (χ1v) is 6.64. The zero-order valence-electron chi connectivity index (χ0n) is 10.6. The van der Waals surface area contributed by atoms with Crippen molar-refractivity contribution in [3.8, 4) is 11.8 Å². The minimum Gasteiger partial charge on any atom is -0.489 e. The summed E-state index contributed by atoms with van der Waals surface area (Å²) in [7, 11) is 0. The van der Waals surface area contributed by atoms with Gasteiger partial charge in [-0.1, -0.05) is 0 Å². The van der Waals surface area contributed by atoms with Gasteiger partial charge in [0, 0.05) is 10.0 Å². The minimum atomic E-state index is -1.09. The van der Waals surface area contributed by atoms with Gasteiger partial charge in [-0.15, -0.1) is 0 Å². The van der Waals surface area contributed by atoms with E-state index in [9.17, 15) is 9.18 Å². The Hall–Kier alpha value is -2.39. The summed E-state index contributed by atoms with van der Waals surface area (Å²) in [5.41, 5.74) is 0.775. The smallest absolute Gasteiger partial charge is 0.336 e. The Morgan fingerprint density at radius 1 is 1.33 bits per heavy atom. The lowest BCUT2D eigenvalue weighted by Crippen LogP contribution is -2.02. The lowest BCUT2D eigenvalue weighted by molar-refractivity contribution is 0.0695. The highest BCUT2D eigenvalue weighted by Crippen LogP contribution is 2.23. The van der Waals surface area contributed by atoms with Gasteiger partial charge in [0.05, 0.1) is 17.2 Å². The van der Waals surface area contributed by atoms with Gasteiger partial charge in [-0.05, 0) is 52.3 Å². The number of benzene rings is 2. The minimum absolute atomic E-state index is 0.0264. The molecule has 4 nitrogen and oxygen atoms in total. The van der Waals surface area contributed by atoms with Crippen LogP contribution in [0.3, 0.4) is 0 Å². The highest BCUT2D eigenvalue weighted by Gasteiger charge is 2.10. The normalized spacial score (nSPS) is 9.95. The second-order valence-corrected chi connectivity index (χ2v) is 5.00. The van der Waals surface area contributed by atoms with Gasteiger partial charge in [0.25, 0.3) is 0 Å². The van der Waals surface area contributed by atoms with E-state index in [-0.39, 0.29) is 12.2 Å². The van der Waals surface area contributed by atoms with E-state index in [0.717, 1.165) is 0 Å². The number of carbonyl (C=O) groups is 1. The molecule has 0 unspecified atom stereocenters. The maximum absolute atomic E-state index is 13.2. The molecule has 0 aliphatic heterocycles. The van der Waals surface area contributed by atoms with Crippen molar-refractivity contribution >= 4 is 21.9 Å². The predicted octanol–water partition coefficient (Wildman–Crippen LogP) is 3.74. The third kappa shape index (κ3) is 3.58. The largest absolute Gasteiger partial charge is 0.489 e. The molecule has 106 valence electrons. The SMILES string of the molecule is N#Cc1ccc(F)cc1COc1ccc(Br)c(C(=O)O)c1. The van der Waals surface area contributed by atoms with Crippen molar-refractivity contribution in [2.24, 2.45) is 0 Å². The fourth-order valence-electron chi connectivity index (χ4n) is 1.71. The first-order chi connectivity index (χ1) is 10.0. The van der Waals surface area contributed by atoms with Gasteiger partial charge < -0.3 is 9.84 Å². The van der Waals surface area contributed by atoms with Crippen molar-refractivity contribution in [3.63, 3.8) is 0 Å². The summed E-state index contributed by atoms with van der Waals surface area (Å²) >= 11 is 3.13. The molecule has 0 amide bonds. The summed E-state index contributed by atoms with van der Waals surface area (Å²) < 4.78 is 19.1. The van der Waals surface area contributed by atoms with Gasteiger partial charge in [0.2, 0.25) is 0 Å². The van der Waals surface area contributed by atoms with E-state index in [4.69, 9.17) is 15.1 Å². The molecule has 0 atom stereocenters. The third-order valence-corrected chi connectivity index (χ3v) is 3.44. The number of hydrogen-bond donors (Lipinski definition) is 1. The lowest BCUT2D eigenvalue weighted by Gasteiger charge is -2.09. The van der Waals surface area contributed by atoms with Crippen LogP contribution in [0.25, 0.3) is 0 Å². The molecule has 0 fully saturated rings. The number of hydrogen-bond acceptors (Lipinski definition) is 3. The van der Waals surface area contributed by atoms with Crippen molar-refractivity contribution in [3.05, 3.63) is 63.4 Å². The van der Waals surface area contributed by atoms with Gasteiger partial charge in [-0.3, -0.25) is 0 Å². The number of rotatable bonds is 4. The van der Waals surface area contributed by atoms with Crippen molar-refractivity contribution in [1.29, 1.82) is 5.26 Å². The Labute approximate surface area is 128 Å². The van der Waals surface area contributed by atoms with Crippen LogP contribution >= 0.6 is 15.9 Å². The molecule has 0 saturated heterocycles. The molecule has 0 radical (unpaired) electrons. The maximum Gasteiger partial charge on any atom is 0.336 e. The van der Waals surface area contributed by atoms with E-state index >= 15 is 0 Å². The summed E-state index contributed by atoms with van der Waals surface area (Å²) in [6.45, 7) is -0.0264. The summed E-state index contributed by atoms with van der Waals surface area (Å²) in [6, 6.07) is 10.2. The van der Waals surface area contributed by atoms with Crippen LogP contribution < -0.4 is 4.74 Å². The topological polar surface area (TPSA) is 70.3 Å². The summed E-state index contributed by atoms with van der Waals surface area (Å²) in [4.78, 5) is 11.0. The average molecular weight is 350 g/mol. The van der Waals surface area contributed by atoms with E-state index in [1.54, 1.807) is 12.1 Å². The standard InChI is InChI=1S/C15H9BrFNO3/c16-14-4-3-12(6-13(14)15(19)20)21-8-10-5-11(17)2-1-9(10)7-18/h1-6H,8H2,(H,19,20). The second-order valence-electron chi connectivity index (χ2n) is 4.15. The number of halogens is 2. The number of ether oxygens (including phenoxy) is 1. The zero-order chi connectivity index (χ0) is 15.4. The van der Waals surface area contributed by atoms with E-state index in [2.05, 4.69) is 15.9 Å². The summed E-state index contributed by atoms with van der Waals surface area (Å²) in [6.07, 6.45) is 0. The molecule has 0 aliphatic carbocycles. The predicted molar refractivity (Wildman–Crippen MR) is 76.5 cm³/mol. The molecule has 0 spiro atoms. The highest BCUT2D eigenvalue weighted by atomic mass is 79.9. The molecule has 0 heterocycles. The Bertz CT molecular complexity index is 740. The van der Waals surface area contributed by atoms with Crippen LogP contribution in [-0.2, 0) is 6.61 Å². The highest BCUT2D eigenvalue weighted by molar-refractivity contribution is 9.10. The number of aromatic carboxylic acids is 1. The third-order valence-electron chi connectivity index (χ3n) is 2.75. The lowest BCUT2D eigenvalue weighted by atomic mass is 10.1. The van der Waals surface area contributed by atoms with Gasteiger partial charge in [-0.25, -0.2) is 9.18 Å². The second kappa shape index (κ2) is 6.37. The van der Waals surface area contributed by atoms with Crippen molar-refractivity contribution in [2.75, 3.05) is 0 Å². The number of nitrogens with zero attached hydrogens (tertiary/aromatic N) is 1. The Morgan fingerprint density at radius 2 is 2.10 bits per heavy atom. The molecule has 0 saturated carbocycles. The van der Waals surface area contributed by atoms with Gasteiger partial charge >= 0.3 is 5.97 Å². The van der Waals surface area contributed by atoms with E-state index < -0.39 is 11.8 Å². The summed E-state index contributed by atoms with van der Waals surface area (Å²) in [5, 5.41) is 18.0. The molecule has 21 heavy (non-hydrogen) atoms. The van der Waals surface area contributed by atoms with Crippen LogP contribution in [0.5, 0.6) is 5.75 Å². The van der Waals surface area contributed by atoms with Crippen LogP contribution in [0.2, 0.25) is 0 Å². The summed E-state index contributed by atoms with van der Waals surface area (Å²) in [5.74, 6) is -1.23. The van der Waals surface area contributed by atoms with Crippen LogP contribution in [0.15, 0.2) is 40.9 Å². The van der Waals surface area contributed by atoms with Gasteiger partial charge in [0.15, 0.2) is 0 Å². The number of nitriles is 1. The van der Waals surface area contributed by atoms with Gasteiger partial charge in [-0.2, -0.15) is 5.26 Å². The van der Waals surface area contributed by atoms with Crippen LogP contribution in [0, 0.1) is 17.1 Å². The molecule has 0 aromatic heterocycles. The first kappa shape index (κ1) is 15.0. The van der Waals surface area contributed by atoms with Crippen molar-refractivity contribution in [2.45, 2.75) is 6.61 Å². The molecule has 0 aliphatic rings. The first-order valence-electron chi connectivity index (χ1n) is 5.85. The molecule has 2 aromatic rings. The molecular formula is C15H9BrFNO3. The zero-order valence-corrected chi connectivity index (χ0v) is 12.2. The monoisotopic (exact) mass is 349 g/mol. The Balaban J connectivity index is 2.21. The molecule has 1 N–H and O–H groups in total. The Morgan fingerprint density at radius 3 is 2.76 bits per heavy atom. The number of carboxylic acid groups (broad SMARTS) is 1. The van der Waals surface area contributed by atoms with E-state index in [1.165, 1.54) is 24.3 Å². The van der Waals surface area contributed by atoms with Crippen LogP contribution in [-0.4, -0.2) is 11.1 Å². The van der Waals surface area contributed by atoms with Crippen LogP contribution in [0.4, 0.5) is 4.39 Å². The molecular weight excluding hydrogens is 341 g/mol. The maximum atomic E-state index is 13.2. The van der Waals surface area contributed by atoms with Crippen molar-refractivity contribution < 1.29 is 19.0 Å². The van der Waals surface area contributed by atoms with E-state index in [0.29, 0.717) is 21.3 Å². The van der Waals surface area contributed by atoms with Crippen molar-refractivity contribution in [1.82, 2.24) is 0 Å². The van der Waals surface area contributed by atoms with Gasteiger partial charge in [0.1, 0.15) is 18.2 Å². The molecule has 6 heteroatoms. The number of carboxylic acids is 1. The molecule has 2 rings (SSSR count). The fourth-order valence-corrected chi connectivity index (χ4v) is 2.13. The quantitative estimate of drug-likeness (QED) is 0.912. The molecule has 2 aromatic carbocycles. The molecule has 0 bridgehead atoms. The fraction of sp³-hybridized carbons (Fsp3) is 0.0667. The van der Waals surface area contributed by atoms with E-state index in [1.807, 2.05) is 6.07 Å². The average Bonchev–Trinajstić information content (AvgIpc) is 2.46.